The molecular formula is C27H28Cl2N4O3. The lowest BCUT2D eigenvalue weighted by Gasteiger charge is -2.39. The summed E-state index contributed by atoms with van der Waals surface area (Å²) in [4.78, 5) is 46.7. The minimum absolute atomic E-state index is 0.0942. The smallest absolute Gasteiger partial charge is 0.268 e. The number of aromatic nitrogens is 1. The Kier molecular flexibility index (Phi) is 6.25. The predicted octanol–water partition coefficient (Wildman–Crippen LogP) is 4.74. The lowest BCUT2D eigenvalue weighted by atomic mass is 9.85. The first-order valence-corrected chi connectivity index (χ1v) is 12.7. The Morgan fingerprint density at radius 3 is 2.33 bits per heavy atom. The number of fused-ring (bicyclic) bond motifs is 3. The van der Waals surface area contributed by atoms with Crippen molar-refractivity contribution in [2.75, 3.05) is 13.1 Å². The summed E-state index contributed by atoms with van der Waals surface area (Å²) in [7, 11) is 0. The van der Waals surface area contributed by atoms with Crippen LogP contribution in [0.15, 0.2) is 48.5 Å². The zero-order valence-corrected chi connectivity index (χ0v) is 21.9. The number of rotatable bonds is 4. The SMILES string of the molecule is CC(C)(C)C(NC(=O)c1cc2ccccc2[nH]1)C(=O)N1C[C@@H]2C[C@H]1CN2C(=O)c1ccc(Cl)cc1Cl. The molecule has 3 aromatic rings. The lowest BCUT2D eigenvalue weighted by Crippen LogP contribution is -2.59. The number of nitrogens with zero attached hydrogens (tertiary/aromatic N) is 2. The number of halogens is 2. The molecule has 0 saturated carbocycles. The van der Waals surface area contributed by atoms with Gasteiger partial charge in [-0.1, -0.05) is 62.2 Å². The number of carbonyl (C=O) groups is 3. The summed E-state index contributed by atoms with van der Waals surface area (Å²) >= 11 is 12.2. The first-order valence-electron chi connectivity index (χ1n) is 12.0. The van der Waals surface area contributed by atoms with Crippen LogP contribution in [0, 0.1) is 5.41 Å². The van der Waals surface area contributed by atoms with Gasteiger partial charge in [0.25, 0.3) is 11.8 Å². The Bertz CT molecular complexity index is 1330. The molecule has 0 spiro atoms. The minimum Gasteiger partial charge on any atom is -0.351 e. The summed E-state index contributed by atoms with van der Waals surface area (Å²) in [5, 5.41) is 4.69. The number of nitrogens with one attached hydrogen (secondary N) is 2. The monoisotopic (exact) mass is 526 g/mol. The Morgan fingerprint density at radius 1 is 1.00 bits per heavy atom. The van der Waals surface area contributed by atoms with Crippen LogP contribution in [0.25, 0.3) is 10.9 Å². The van der Waals surface area contributed by atoms with Crippen LogP contribution in [0.1, 0.15) is 48.0 Å². The average molecular weight is 527 g/mol. The fourth-order valence-corrected chi connectivity index (χ4v) is 5.71. The van der Waals surface area contributed by atoms with Gasteiger partial charge in [-0.2, -0.15) is 0 Å². The van der Waals surface area contributed by atoms with Crippen LogP contribution >= 0.6 is 23.2 Å². The first-order chi connectivity index (χ1) is 17.0. The van der Waals surface area contributed by atoms with E-state index in [1.807, 2.05) is 49.9 Å². The molecule has 9 heteroatoms. The van der Waals surface area contributed by atoms with E-state index in [1.165, 1.54) is 0 Å². The predicted molar refractivity (Wildman–Crippen MR) is 140 cm³/mol. The molecule has 7 nitrogen and oxygen atoms in total. The number of likely N-dealkylation sites (tertiary alicyclic amines) is 2. The van der Waals surface area contributed by atoms with Crippen molar-refractivity contribution in [2.24, 2.45) is 5.41 Å². The van der Waals surface area contributed by atoms with Gasteiger partial charge in [-0.05, 0) is 42.2 Å². The van der Waals surface area contributed by atoms with E-state index in [9.17, 15) is 14.4 Å². The molecule has 3 atom stereocenters. The van der Waals surface area contributed by atoms with E-state index < -0.39 is 11.5 Å². The van der Waals surface area contributed by atoms with Crippen molar-refractivity contribution in [3.63, 3.8) is 0 Å². The topological polar surface area (TPSA) is 85.5 Å². The number of hydrogen-bond donors (Lipinski definition) is 2. The van der Waals surface area contributed by atoms with E-state index in [4.69, 9.17) is 23.2 Å². The molecule has 2 aliphatic heterocycles. The van der Waals surface area contributed by atoms with Crippen molar-refractivity contribution in [2.45, 2.75) is 45.3 Å². The second-order valence-electron chi connectivity index (χ2n) is 10.7. The number of amides is 3. The van der Waals surface area contributed by atoms with Crippen LogP contribution in [0.5, 0.6) is 0 Å². The van der Waals surface area contributed by atoms with E-state index >= 15 is 0 Å². The molecule has 3 amide bonds. The fraction of sp³-hybridized carbons (Fsp3) is 0.370. The highest BCUT2D eigenvalue weighted by Gasteiger charge is 2.50. The lowest BCUT2D eigenvalue weighted by molar-refractivity contribution is -0.138. The molecule has 2 aromatic carbocycles. The van der Waals surface area contributed by atoms with Crippen molar-refractivity contribution in [1.82, 2.24) is 20.1 Å². The Labute approximate surface area is 219 Å². The molecule has 2 fully saturated rings. The molecule has 1 aromatic heterocycles. The van der Waals surface area contributed by atoms with Gasteiger partial charge in [0.2, 0.25) is 5.91 Å². The molecule has 2 saturated heterocycles. The van der Waals surface area contributed by atoms with Crippen molar-refractivity contribution < 1.29 is 14.4 Å². The molecule has 0 aliphatic carbocycles. The van der Waals surface area contributed by atoms with E-state index in [0.717, 1.165) is 10.9 Å². The van der Waals surface area contributed by atoms with Gasteiger partial charge in [-0.3, -0.25) is 14.4 Å². The highest BCUT2D eigenvalue weighted by molar-refractivity contribution is 6.36. The third kappa shape index (κ3) is 4.46. The zero-order chi connectivity index (χ0) is 25.8. The van der Waals surface area contributed by atoms with Gasteiger partial charge in [-0.15, -0.1) is 0 Å². The third-order valence-corrected chi connectivity index (χ3v) is 7.66. The second-order valence-corrected chi connectivity index (χ2v) is 11.5. The average Bonchev–Trinajstić information content (AvgIpc) is 3.54. The van der Waals surface area contributed by atoms with Gasteiger partial charge < -0.3 is 20.1 Å². The number of piperazine rings is 1. The summed E-state index contributed by atoms with van der Waals surface area (Å²) in [5.41, 5.74) is 1.18. The fourth-order valence-electron chi connectivity index (χ4n) is 5.22. The Balaban J connectivity index is 1.30. The van der Waals surface area contributed by atoms with Gasteiger partial charge in [0.05, 0.1) is 22.7 Å². The summed E-state index contributed by atoms with van der Waals surface area (Å²) < 4.78 is 0. The second kappa shape index (κ2) is 9.12. The van der Waals surface area contributed by atoms with Crippen LogP contribution in [-0.2, 0) is 4.79 Å². The van der Waals surface area contributed by atoms with E-state index in [0.29, 0.717) is 40.8 Å². The zero-order valence-electron chi connectivity index (χ0n) is 20.3. The van der Waals surface area contributed by atoms with Crippen molar-refractivity contribution in [3.8, 4) is 0 Å². The molecule has 36 heavy (non-hydrogen) atoms. The van der Waals surface area contributed by atoms with Crippen LogP contribution in [0.2, 0.25) is 10.0 Å². The first kappa shape index (κ1) is 24.7. The van der Waals surface area contributed by atoms with Gasteiger partial charge in [0.1, 0.15) is 11.7 Å². The minimum atomic E-state index is -0.717. The van der Waals surface area contributed by atoms with Gasteiger partial charge in [0.15, 0.2) is 0 Å². The van der Waals surface area contributed by atoms with Gasteiger partial charge in [-0.25, -0.2) is 0 Å². The molecule has 1 unspecified atom stereocenters. The van der Waals surface area contributed by atoms with Crippen LogP contribution in [0.3, 0.4) is 0 Å². The molecule has 5 rings (SSSR count). The van der Waals surface area contributed by atoms with Crippen molar-refractivity contribution >= 4 is 51.8 Å². The number of hydrogen-bond acceptors (Lipinski definition) is 3. The van der Waals surface area contributed by atoms with Crippen LogP contribution in [-0.4, -0.2) is 63.7 Å². The maximum atomic E-state index is 13.7. The Hall–Kier alpha value is -3.03. The molecule has 188 valence electrons. The summed E-state index contributed by atoms with van der Waals surface area (Å²) in [6.45, 7) is 6.67. The van der Waals surface area contributed by atoms with E-state index in [1.54, 1.807) is 29.2 Å². The molecule has 3 heterocycles. The normalized spacial score (nSPS) is 20.1. The molecule has 2 aliphatic rings. The number of benzene rings is 2. The highest BCUT2D eigenvalue weighted by atomic mass is 35.5. The molecule has 0 radical (unpaired) electrons. The highest BCUT2D eigenvalue weighted by Crippen LogP contribution is 2.35. The maximum Gasteiger partial charge on any atom is 0.268 e. The number of H-pyrrole nitrogens is 1. The molecular weight excluding hydrogens is 499 g/mol. The number of carbonyl (C=O) groups excluding carboxylic acids is 3. The van der Waals surface area contributed by atoms with Gasteiger partial charge in [0, 0.05) is 29.0 Å². The number of aromatic amines is 1. The van der Waals surface area contributed by atoms with E-state index in [-0.39, 0.29) is 29.8 Å². The number of para-hydroxylation sites is 1. The quantitative estimate of drug-likeness (QED) is 0.514. The van der Waals surface area contributed by atoms with Crippen molar-refractivity contribution in [3.05, 3.63) is 69.8 Å². The Morgan fingerprint density at radius 2 is 1.69 bits per heavy atom. The molecule has 2 N–H and O–H groups in total. The summed E-state index contributed by atoms with van der Waals surface area (Å²) in [6, 6.07) is 13.4. The third-order valence-electron chi connectivity index (χ3n) is 7.11. The van der Waals surface area contributed by atoms with Crippen LogP contribution in [0.4, 0.5) is 0 Å². The largest absolute Gasteiger partial charge is 0.351 e. The van der Waals surface area contributed by atoms with Crippen molar-refractivity contribution in [1.29, 1.82) is 0 Å². The standard InChI is InChI=1S/C27H28Cl2N4O3/c1-27(2,3)23(31-24(34)22-10-15-6-4-5-7-21(15)30-22)26(36)33-14-17-12-18(33)13-32(17)25(35)19-9-8-16(28)11-20(19)29/h4-11,17-18,23,30H,12-14H2,1-3H3,(H,31,34)/t17-,18-,23?/m0/s1. The summed E-state index contributed by atoms with van der Waals surface area (Å²) in [6.07, 6.45) is 0.704. The van der Waals surface area contributed by atoms with E-state index in [2.05, 4.69) is 10.3 Å². The maximum absolute atomic E-state index is 13.7. The van der Waals surface area contributed by atoms with Gasteiger partial charge >= 0.3 is 0 Å². The summed E-state index contributed by atoms with van der Waals surface area (Å²) in [5.74, 6) is -0.607. The van der Waals surface area contributed by atoms with Crippen LogP contribution < -0.4 is 5.32 Å². The molecule has 2 bridgehead atoms.